The number of amides is 2. The number of aliphatic carboxylic acids is 1. The Morgan fingerprint density at radius 3 is 2.17 bits per heavy atom. The van der Waals surface area contributed by atoms with Gasteiger partial charge in [0.1, 0.15) is 18.7 Å². The molecule has 0 aromatic heterocycles. The van der Waals surface area contributed by atoms with Crippen molar-refractivity contribution < 1.29 is 42.5 Å². The molecule has 2 aromatic rings. The SMILES string of the molecule is O=C(NC(CC(=O)N1C[C@H](O)C[C@H]1C(=O)O)C(F)(F)F)OCC1c2ccccc2-c2ccccc21. The number of alkyl carbamates (subject to hydrolysis) is 1. The maximum atomic E-state index is 13.6. The minimum absolute atomic E-state index is 0.211. The molecule has 0 spiro atoms. The summed E-state index contributed by atoms with van der Waals surface area (Å²) in [7, 11) is 0. The molecule has 1 aliphatic carbocycles. The third-order valence-corrected chi connectivity index (χ3v) is 6.29. The maximum Gasteiger partial charge on any atom is 0.409 e. The molecule has 2 aromatic carbocycles. The molecule has 3 N–H and O–H groups in total. The molecular formula is C24H23F3N2O6. The van der Waals surface area contributed by atoms with Crippen molar-refractivity contribution in [1.29, 1.82) is 0 Å². The van der Waals surface area contributed by atoms with Crippen LogP contribution in [0, 0.1) is 0 Å². The van der Waals surface area contributed by atoms with Gasteiger partial charge in [0, 0.05) is 18.9 Å². The zero-order chi connectivity index (χ0) is 25.3. The number of aliphatic hydroxyl groups excluding tert-OH is 1. The molecule has 0 bridgehead atoms. The van der Waals surface area contributed by atoms with Gasteiger partial charge in [-0.15, -0.1) is 0 Å². The Morgan fingerprint density at radius 1 is 1.06 bits per heavy atom. The first-order chi connectivity index (χ1) is 16.6. The van der Waals surface area contributed by atoms with E-state index in [9.17, 15) is 37.8 Å². The number of nitrogens with one attached hydrogen (secondary N) is 1. The summed E-state index contributed by atoms with van der Waals surface area (Å²) < 4.78 is 45.9. The monoisotopic (exact) mass is 492 g/mol. The second-order valence-electron chi connectivity index (χ2n) is 8.56. The second-order valence-corrected chi connectivity index (χ2v) is 8.56. The number of ether oxygens (including phenoxy) is 1. The van der Waals surface area contributed by atoms with Gasteiger partial charge in [0.25, 0.3) is 0 Å². The summed E-state index contributed by atoms with van der Waals surface area (Å²) in [6.45, 7) is -0.608. The standard InChI is InChI=1S/C24H23F3N2O6/c25-24(26,27)20(10-21(31)29-11-13(30)9-19(29)22(32)33)28-23(34)35-12-18-16-7-3-1-5-14(16)15-6-2-4-8-17(15)18/h1-8,13,18-20,30H,9-12H2,(H,28,34)(H,32,33)/t13-,19+,20?/m1/s1. The molecule has 1 heterocycles. The molecule has 1 saturated heterocycles. The number of rotatable bonds is 6. The minimum Gasteiger partial charge on any atom is -0.480 e. The first-order valence-corrected chi connectivity index (χ1v) is 10.9. The summed E-state index contributed by atoms with van der Waals surface area (Å²) in [5, 5.41) is 20.5. The van der Waals surface area contributed by atoms with E-state index in [0.29, 0.717) is 4.90 Å². The first-order valence-electron chi connectivity index (χ1n) is 10.9. The van der Waals surface area contributed by atoms with Crippen molar-refractivity contribution in [3.63, 3.8) is 0 Å². The van der Waals surface area contributed by atoms with Crippen LogP contribution in [0.2, 0.25) is 0 Å². The Hall–Kier alpha value is -3.60. The van der Waals surface area contributed by atoms with Gasteiger partial charge in [-0.3, -0.25) is 4.79 Å². The van der Waals surface area contributed by atoms with Crippen LogP contribution in [0.25, 0.3) is 11.1 Å². The molecule has 3 atom stereocenters. The zero-order valence-corrected chi connectivity index (χ0v) is 18.4. The van der Waals surface area contributed by atoms with Gasteiger partial charge in [-0.1, -0.05) is 48.5 Å². The van der Waals surface area contributed by atoms with E-state index in [4.69, 9.17) is 4.74 Å². The summed E-state index contributed by atoms with van der Waals surface area (Å²) >= 11 is 0. The van der Waals surface area contributed by atoms with Crippen LogP contribution in [0.5, 0.6) is 0 Å². The van der Waals surface area contributed by atoms with Gasteiger partial charge in [0.05, 0.1) is 12.5 Å². The summed E-state index contributed by atoms with van der Waals surface area (Å²) in [6.07, 6.45) is -8.99. The Kier molecular flexibility index (Phi) is 6.70. The van der Waals surface area contributed by atoms with E-state index in [-0.39, 0.29) is 18.9 Å². The van der Waals surface area contributed by atoms with E-state index in [1.165, 1.54) is 0 Å². The maximum absolute atomic E-state index is 13.6. The van der Waals surface area contributed by atoms with E-state index in [1.807, 2.05) is 48.5 Å². The third-order valence-electron chi connectivity index (χ3n) is 6.29. The van der Waals surface area contributed by atoms with Gasteiger partial charge in [-0.25, -0.2) is 9.59 Å². The van der Waals surface area contributed by atoms with E-state index in [1.54, 1.807) is 5.32 Å². The lowest BCUT2D eigenvalue weighted by Gasteiger charge is -2.26. The van der Waals surface area contributed by atoms with E-state index in [0.717, 1.165) is 22.3 Å². The number of hydrogen-bond donors (Lipinski definition) is 3. The summed E-state index contributed by atoms with van der Waals surface area (Å²) in [5.41, 5.74) is 3.68. The van der Waals surface area contributed by atoms with Crippen LogP contribution in [0.3, 0.4) is 0 Å². The largest absolute Gasteiger partial charge is 0.480 e. The number of β-amino-alcohol motifs (C(OH)–C–C–N with tert-alkyl or cyclic N) is 1. The zero-order valence-electron chi connectivity index (χ0n) is 18.4. The Balaban J connectivity index is 1.42. The van der Waals surface area contributed by atoms with Crippen molar-refractivity contribution in [2.24, 2.45) is 0 Å². The van der Waals surface area contributed by atoms with Crippen LogP contribution >= 0.6 is 0 Å². The number of carbonyl (C=O) groups is 3. The van der Waals surface area contributed by atoms with Crippen molar-refractivity contribution in [3.05, 3.63) is 59.7 Å². The molecule has 4 rings (SSSR count). The van der Waals surface area contributed by atoms with Crippen molar-refractivity contribution in [3.8, 4) is 11.1 Å². The molecule has 8 nitrogen and oxygen atoms in total. The number of nitrogens with zero attached hydrogens (tertiary/aromatic N) is 1. The van der Waals surface area contributed by atoms with E-state index >= 15 is 0 Å². The summed E-state index contributed by atoms with van der Waals surface area (Å²) in [6, 6.07) is 10.9. The van der Waals surface area contributed by atoms with Crippen LogP contribution < -0.4 is 5.32 Å². The number of hydrogen-bond acceptors (Lipinski definition) is 5. The van der Waals surface area contributed by atoms with Crippen molar-refractivity contribution in [2.75, 3.05) is 13.2 Å². The minimum atomic E-state index is -4.99. The molecule has 1 aliphatic heterocycles. The molecule has 1 fully saturated rings. The number of halogens is 3. The van der Waals surface area contributed by atoms with Crippen molar-refractivity contribution in [2.45, 2.75) is 43.1 Å². The number of likely N-dealkylation sites (tertiary alicyclic amines) is 1. The second kappa shape index (κ2) is 9.57. The molecule has 35 heavy (non-hydrogen) atoms. The molecule has 186 valence electrons. The predicted octanol–water partition coefficient (Wildman–Crippen LogP) is 2.89. The van der Waals surface area contributed by atoms with Crippen LogP contribution in [-0.2, 0) is 14.3 Å². The molecule has 0 radical (unpaired) electrons. The highest BCUT2D eigenvalue weighted by atomic mass is 19.4. The lowest BCUT2D eigenvalue weighted by molar-refractivity contribution is -0.165. The fourth-order valence-corrected chi connectivity index (χ4v) is 4.65. The van der Waals surface area contributed by atoms with E-state index in [2.05, 4.69) is 0 Å². The van der Waals surface area contributed by atoms with Gasteiger partial charge >= 0.3 is 18.2 Å². The van der Waals surface area contributed by atoms with Crippen molar-refractivity contribution in [1.82, 2.24) is 10.2 Å². The van der Waals surface area contributed by atoms with Gasteiger partial charge in [-0.2, -0.15) is 13.2 Å². The topological polar surface area (TPSA) is 116 Å². The number of carbonyl (C=O) groups excluding carboxylic acids is 2. The quantitative estimate of drug-likeness (QED) is 0.571. The number of carboxylic acid groups (broad SMARTS) is 1. The number of alkyl halides is 3. The van der Waals surface area contributed by atoms with Gasteiger partial charge in [0.2, 0.25) is 5.91 Å². The van der Waals surface area contributed by atoms with Crippen LogP contribution in [0.15, 0.2) is 48.5 Å². The van der Waals surface area contributed by atoms with Crippen molar-refractivity contribution >= 4 is 18.0 Å². The highest BCUT2D eigenvalue weighted by molar-refractivity contribution is 5.85. The molecule has 2 aliphatic rings. The normalized spacial score (nSPS) is 20.2. The molecule has 1 unspecified atom stereocenters. The number of fused-ring (bicyclic) bond motifs is 3. The van der Waals surface area contributed by atoms with Crippen LogP contribution in [0.1, 0.15) is 29.9 Å². The smallest absolute Gasteiger partial charge is 0.409 e. The number of benzene rings is 2. The highest BCUT2D eigenvalue weighted by Gasteiger charge is 2.46. The van der Waals surface area contributed by atoms with Gasteiger partial charge < -0.3 is 25.2 Å². The fourth-order valence-electron chi connectivity index (χ4n) is 4.65. The number of aliphatic hydroxyl groups is 1. The highest BCUT2D eigenvalue weighted by Crippen LogP contribution is 2.44. The van der Waals surface area contributed by atoms with Crippen LogP contribution in [-0.4, -0.2) is 70.6 Å². The van der Waals surface area contributed by atoms with Crippen LogP contribution in [0.4, 0.5) is 18.0 Å². The predicted molar refractivity (Wildman–Crippen MR) is 116 cm³/mol. The average Bonchev–Trinajstić information content (AvgIpc) is 3.35. The number of carboxylic acids is 1. The Labute approximate surface area is 198 Å². The first kappa shape index (κ1) is 24.5. The lowest BCUT2D eigenvalue weighted by Crippen LogP contribution is -2.50. The van der Waals surface area contributed by atoms with Gasteiger partial charge in [0.15, 0.2) is 0 Å². The summed E-state index contributed by atoms with van der Waals surface area (Å²) in [5.74, 6) is -2.93. The molecule has 11 heteroatoms. The lowest BCUT2D eigenvalue weighted by atomic mass is 9.98. The van der Waals surface area contributed by atoms with E-state index < -0.39 is 55.3 Å². The molecular weight excluding hydrogens is 469 g/mol. The molecule has 2 amide bonds. The molecule has 0 saturated carbocycles. The average molecular weight is 492 g/mol. The van der Waals surface area contributed by atoms with Gasteiger partial charge in [-0.05, 0) is 22.3 Å². The fraction of sp³-hybridized carbons (Fsp3) is 0.375. The Bertz CT molecular complexity index is 1090. The Morgan fingerprint density at radius 2 is 1.63 bits per heavy atom. The summed E-state index contributed by atoms with van der Waals surface area (Å²) in [4.78, 5) is 36.7. The third kappa shape index (κ3) is 5.09.